The number of aromatic nitrogens is 2. The number of ketones is 1. The van der Waals surface area contributed by atoms with Gasteiger partial charge < -0.3 is 5.32 Å². The zero-order valence-electron chi connectivity index (χ0n) is 7.10. The Morgan fingerprint density at radius 2 is 2.43 bits per heavy atom. The molecule has 1 N–H and O–H groups in total. The van der Waals surface area contributed by atoms with Crippen LogP contribution in [0.1, 0.15) is 16.2 Å². The number of Topliss-reactive ketones (excluding diaryl/α,β-unsaturated/α-hetero) is 1. The van der Waals surface area contributed by atoms with Gasteiger partial charge in [0, 0.05) is 0 Å². The number of rotatable bonds is 2. The molecule has 2 heterocycles. The predicted octanol–water partition coefficient (Wildman–Crippen LogP) is -0.340. The highest BCUT2D eigenvalue weighted by Crippen LogP contribution is 2.11. The molecule has 0 saturated carbocycles. The van der Waals surface area contributed by atoms with Crippen LogP contribution in [0.3, 0.4) is 0 Å². The minimum Gasteiger partial charge on any atom is -0.349 e. The second-order valence-corrected chi connectivity index (χ2v) is 2.62. The van der Waals surface area contributed by atoms with E-state index < -0.39 is 5.78 Å². The number of carbonyl (C=O) groups is 2. The maximum Gasteiger partial charge on any atom is 0.245 e. The third-order valence-corrected chi connectivity index (χ3v) is 1.71. The van der Waals surface area contributed by atoms with E-state index in [9.17, 15) is 9.59 Å². The lowest BCUT2D eigenvalue weighted by molar-refractivity contribution is -0.104. The molecule has 0 aliphatic carbocycles. The average Bonchev–Trinajstić information content (AvgIpc) is 2.27. The number of aldehydes is 1. The van der Waals surface area contributed by atoms with E-state index in [-0.39, 0.29) is 12.0 Å². The number of nitrogens with one attached hydrogen (secondary N) is 1. The lowest BCUT2D eigenvalue weighted by Crippen LogP contribution is -2.14. The zero-order chi connectivity index (χ0) is 9.97. The maximum atomic E-state index is 11.0. The van der Waals surface area contributed by atoms with Crippen LogP contribution in [-0.4, -0.2) is 34.9 Å². The van der Waals surface area contributed by atoms with Gasteiger partial charge in [0.15, 0.2) is 12.1 Å². The summed E-state index contributed by atoms with van der Waals surface area (Å²) in [5, 5.41) is 2.84. The predicted molar refractivity (Wildman–Crippen MR) is 48.5 cm³/mol. The van der Waals surface area contributed by atoms with Crippen molar-refractivity contribution < 1.29 is 9.59 Å². The molecule has 1 aromatic heterocycles. The number of aliphatic imine (C=N–C) groups is 1. The van der Waals surface area contributed by atoms with Crippen LogP contribution in [0.4, 0.5) is 5.82 Å². The minimum atomic E-state index is -0.676. The van der Waals surface area contributed by atoms with Crippen LogP contribution in [-0.2, 0) is 4.79 Å². The van der Waals surface area contributed by atoms with Gasteiger partial charge in [-0.1, -0.05) is 0 Å². The molecule has 6 heteroatoms. The molecule has 1 aliphatic heterocycles. The standard InChI is InChI=1S/C8H6N4O2/c13-3-7(14)5-2-10-6-1-9-4-11-8(6)12-5/h1-3H,4H2,(H,11,12). The first kappa shape index (κ1) is 8.49. The van der Waals surface area contributed by atoms with Crippen LogP contribution in [0.25, 0.3) is 0 Å². The van der Waals surface area contributed by atoms with E-state index in [1.54, 1.807) is 6.21 Å². The number of hydrogen-bond donors (Lipinski definition) is 1. The smallest absolute Gasteiger partial charge is 0.245 e. The van der Waals surface area contributed by atoms with Gasteiger partial charge in [0.2, 0.25) is 5.78 Å². The fourth-order valence-corrected chi connectivity index (χ4v) is 1.05. The molecule has 1 aliphatic rings. The molecule has 2 rings (SSSR count). The molecule has 0 aromatic carbocycles. The van der Waals surface area contributed by atoms with Gasteiger partial charge in [0.1, 0.15) is 18.1 Å². The second kappa shape index (κ2) is 3.33. The third kappa shape index (κ3) is 1.37. The van der Waals surface area contributed by atoms with Gasteiger partial charge in [-0.2, -0.15) is 0 Å². The van der Waals surface area contributed by atoms with E-state index in [1.165, 1.54) is 6.20 Å². The van der Waals surface area contributed by atoms with Crippen LogP contribution >= 0.6 is 0 Å². The summed E-state index contributed by atoms with van der Waals surface area (Å²) in [5.41, 5.74) is 0.611. The highest BCUT2D eigenvalue weighted by atomic mass is 16.2. The highest BCUT2D eigenvalue weighted by Gasteiger charge is 2.12. The summed E-state index contributed by atoms with van der Waals surface area (Å²) in [4.78, 5) is 33.0. The van der Waals surface area contributed by atoms with Gasteiger partial charge in [0.05, 0.1) is 12.4 Å². The Morgan fingerprint density at radius 1 is 1.57 bits per heavy atom. The lowest BCUT2D eigenvalue weighted by Gasteiger charge is -2.09. The van der Waals surface area contributed by atoms with Crippen molar-refractivity contribution in [1.29, 1.82) is 0 Å². The van der Waals surface area contributed by atoms with Crippen molar-refractivity contribution >= 4 is 24.1 Å². The number of anilines is 1. The van der Waals surface area contributed by atoms with Crippen molar-refractivity contribution in [2.75, 3.05) is 12.0 Å². The molecule has 0 spiro atoms. The molecule has 0 bridgehead atoms. The summed E-state index contributed by atoms with van der Waals surface area (Å²) in [7, 11) is 0. The molecular weight excluding hydrogens is 184 g/mol. The highest BCUT2D eigenvalue weighted by molar-refractivity contribution is 6.32. The Hall–Kier alpha value is -2.11. The van der Waals surface area contributed by atoms with E-state index >= 15 is 0 Å². The zero-order valence-corrected chi connectivity index (χ0v) is 7.10. The van der Waals surface area contributed by atoms with Crippen molar-refractivity contribution in [3.05, 3.63) is 17.6 Å². The average molecular weight is 190 g/mol. The van der Waals surface area contributed by atoms with Crippen molar-refractivity contribution in [2.45, 2.75) is 0 Å². The summed E-state index contributed by atoms with van der Waals surface area (Å²) in [6.45, 7) is 0.403. The molecule has 70 valence electrons. The molecule has 0 saturated heterocycles. The molecule has 0 unspecified atom stereocenters. The first-order valence-corrected chi connectivity index (χ1v) is 3.91. The van der Waals surface area contributed by atoms with Gasteiger partial charge >= 0.3 is 0 Å². The summed E-state index contributed by atoms with van der Waals surface area (Å²) >= 11 is 0. The van der Waals surface area contributed by atoms with Crippen molar-refractivity contribution in [1.82, 2.24) is 9.97 Å². The fourth-order valence-electron chi connectivity index (χ4n) is 1.05. The fraction of sp³-hybridized carbons (Fsp3) is 0.125. The van der Waals surface area contributed by atoms with E-state index in [1.807, 2.05) is 0 Å². The quantitative estimate of drug-likeness (QED) is 0.392. The van der Waals surface area contributed by atoms with Crippen LogP contribution < -0.4 is 5.32 Å². The second-order valence-electron chi connectivity index (χ2n) is 2.62. The molecule has 14 heavy (non-hydrogen) atoms. The van der Waals surface area contributed by atoms with Gasteiger partial charge in [0.25, 0.3) is 0 Å². The molecule has 0 amide bonds. The summed E-state index contributed by atoms with van der Waals surface area (Å²) in [5.74, 6) is -0.197. The molecule has 1 aromatic rings. The Morgan fingerprint density at radius 3 is 3.21 bits per heavy atom. The van der Waals surface area contributed by atoms with Crippen LogP contribution in [0.2, 0.25) is 0 Å². The number of fused-ring (bicyclic) bond motifs is 1. The molecule has 6 nitrogen and oxygen atoms in total. The van der Waals surface area contributed by atoms with E-state index in [2.05, 4.69) is 20.3 Å². The van der Waals surface area contributed by atoms with Crippen LogP contribution in [0.5, 0.6) is 0 Å². The molecule has 0 radical (unpaired) electrons. The first-order valence-electron chi connectivity index (χ1n) is 3.91. The Labute approximate surface area is 79.1 Å². The van der Waals surface area contributed by atoms with E-state index in [0.717, 1.165) is 0 Å². The molecule has 0 atom stereocenters. The van der Waals surface area contributed by atoms with Crippen molar-refractivity contribution in [3.8, 4) is 0 Å². The lowest BCUT2D eigenvalue weighted by atomic mass is 10.3. The van der Waals surface area contributed by atoms with Crippen molar-refractivity contribution in [3.63, 3.8) is 0 Å². The summed E-state index contributed by atoms with van der Waals surface area (Å²) in [6, 6.07) is 0. The molecular formula is C8H6N4O2. The normalized spacial score (nSPS) is 12.9. The van der Waals surface area contributed by atoms with Gasteiger partial charge in [-0.05, 0) is 0 Å². The van der Waals surface area contributed by atoms with Gasteiger partial charge in [-0.15, -0.1) is 0 Å². The summed E-state index contributed by atoms with van der Waals surface area (Å²) < 4.78 is 0. The number of carbonyl (C=O) groups excluding carboxylic acids is 2. The number of nitrogens with zero attached hydrogens (tertiary/aromatic N) is 3. The van der Waals surface area contributed by atoms with Gasteiger partial charge in [-0.25, -0.2) is 9.97 Å². The monoisotopic (exact) mass is 190 g/mol. The van der Waals surface area contributed by atoms with E-state index in [4.69, 9.17) is 0 Å². The Kier molecular flexibility index (Phi) is 2.02. The largest absolute Gasteiger partial charge is 0.349 e. The molecule has 0 fully saturated rings. The van der Waals surface area contributed by atoms with Crippen LogP contribution in [0.15, 0.2) is 11.2 Å². The van der Waals surface area contributed by atoms with Gasteiger partial charge in [-0.3, -0.25) is 14.6 Å². The Balaban J connectivity index is 2.44. The van der Waals surface area contributed by atoms with Crippen LogP contribution in [0, 0.1) is 0 Å². The number of hydrogen-bond acceptors (Lipinski definition) is 6. The SMILES string of the molecule is O=CC(=O)c1cnc2c(n1)NCN=C2. The first-order chi connectivity index (χ1) is 6.81. The van der Waals surface area contributed by atoms with E-state index in [0.29, 0.717) is 18.2 Å². The Bertz CT molecular complexity index is 427. The topological polar surface area (TPSA) is 84.3 Å². The maximum absolute atomic E-state index is 11.0. The van der Waals surface area contributed by atoms with Crippen molar-refractivity contribution in [2.24, 2.45) is 4.99 Å². The summed E-state index contributed by atoms with van der Waals surface area (Å²) in [6.07, 6.45) is 3.04. The minimum absolute atomic E-state index is 0.0431. The third-order valence-electron chi connectivity index (χ3n) is 1.71.